The molecule has 4 aromatic rings. The van der Waals surface area contributed by atoms with Crippen LogP contribution in [-0.2, 0) is 32.0 Å². The third kappa shape index (κ3) is 6.03. The molecule has 2 unspecified atom stereocenters. The minimum absolute atomic E-state index is 0.0631. The Morgan fingerprint density at radius 3 is 1.26 bits per heavy atom. The molecule has 4 bridgehead atoms. The van der Waals surface area contributed by atoms with E-state index in [0.29, 0.717) is 11.8 Å². The van der Waals surface area contributed by atoms with E-state index in [1.54, 1.807) is 10.4 Å². The van der Waals surface area contributed by atoms with Crippen molar-refractivity contribution in [3.8, 4) is 11.5 Å². The number of hydrogen-bond donors (Lipinski definition) is 0. The number of hydrogen-bond acceptors (Lipinski definition) is 2. The van der Waals surface area contributed by atoms with Gasteiger partial charge in [-0.25, -0.2) is 0 Å². The van der Waals surface area contributed by atoms with Gasteiger partial charge in [0.15, 0.2) is 0 Å². The molecule has 7 rings (SSSR count). The summed E-state index contributed by atoms with van der Waals surface area (Å²) >= 11 is -4.82. The molecule has 0 aromatic heterocycles. The van der Waals surface area contributed by atoms with Gasteiger partial charge in [-0.2, -0.15) is 0 Å². The summed E-state index contributed by atoms with van der Waals surface area (Å²) in [4.78, 5) is 0. The molecule has 0 fully saturated rings. The third-order valence-corrected chi connectivity index (χ3v) is 26.8. The molecule has 2 nitrogen and oxygen atoms in total. The third-order valence-electron chi connectivity index (χ3n) is 12.8. The van der Waals surface area contributed by atoms with Gasteiger partial charge in [0.25, 0.3) is 0 Å². The molecule has 284 valence electrons. The van der Waals surface area contributed by atoms with Gasteiger partial charge in [-0.1, -0.05) is 0 Å². The van der Waals surface area contributed by atoms with Crippen molar-refractivity contribution < 1.29 is 26.8 Å². The van der Waals surface area contributed by atoms with Gasteiger partial charge >= 0.3 is 336 Å². The first kappa shape index (κ1) is 39.3. The predicted octanol–water partition coefficient (Wildman–Crippen LogP) is 14.4. The summed E-state index contributed by atoms with van der Waals surface area (Å²) < 4.78 is 16.7. The number of benzene rings is 4. The van der Waals surface area contributed by atoms with Crippen LogP contribution < -0.4 is 5.63 Å². The molecular weight excluding hydrogens is 752 g/mol. The molecule has 54 heavy (non-hydrogen) atoms. The molecule has 2 atom stereocenters. The van der Waals surface area contributed by atoms with Gasteiger partial charge in [-0.05, 0) is 0 Å². The summed E-state index contributed by atoms with van der Waals surface area (Å²) in [5.74, 6) is 2.80. The van der Waals surface area contributed by atoms with Crippen molar-refractivity contribution in [2.45, 2.75) is 140 Å². The monoisotopic (exact) mass is 814 g/mol. The fourth-order valence-electron chi connectivity index (χ4n) is 10.5. The number of rotatable bonds is 6. The van der Waals surface area contributed by atoms with E-state index in [0.717, 1.165) is 11.5 Å². The Labute approximate surface area is 334 Å². The summed E-state index contributed by atoms with van der Waals surface area (Å²) in [6.07, 6.45) is 0. The van der Waals surface area contributed by atoms with Crippen LogP contribution in [0, 0.1) is 13.8 Å². The van der Waals surface area contributed by atoms with Gasteiger partial charge in [0.1, 0.15) is 0 Å². The molecule has 0 radical (unpaired) electrons. The van der Waals surface area contributed by atoms with Crippen molar-refractivity contribution in [2.24, 2.45) is 0 Å². The van der Waals surface area contributed by atoms with Crippen LogP contribution in [0.1, 0.15) is 158 Å². The molecule has 1 aliphatic heterocycles. The summed E-state index contributed by atoms with van der Waals surface area (Å²) in [7, 11) is -2.29. The quantitative estimate of drug-likeness (QED) is 0.181. The zero-order chi connectivity index (χ0) is 39.4. The molecule has 1 heterocycles. The van der Waals surface area contributed by atoms with E-state index in [1.807, 2.05) is 0 Å². The Morgan fingerprint density at radius 2 is 0.926 bits per heavy atom. The van der Waals surface area contributed by atoms with E-state index < -0.39 is 29.2 Å². The van der Waals surface area contributed by atoms with E-state index in [9.17, 15) is 0 Å². The normalized spacial score (nSPS) is 20.0. The van der Waals surface area contributed by atoms with Crippen LogP contribution in [0.4, 0.5) is 0 Å². The van der Waals surface area contributed by atoms with Crippen molar-refractivity contribution in [3.05, 3.63) is 140 Å². The molecule has 0 saturated carbocycles. The summed E-state index contributed by atoms with van der Waals surface area (Å²) in [5.41, 5.74) is 16.7. The number of allylic oxidation sites excluding steroid dienone is 2. The molecule has 2 aliphatic carbocycles. The molecule has 0 saturated heterocycles. The van der Waals surface area contributed by atoms with Crippen molar-refractivity contribution in [3.63, 3.8) is 0 Å². The average Bonchev–Trinajstić information content (AvgIpc) is 3.56. The topological polar surface area (TPSA) is 18.5 Å². The van der Waals surface area contributed by atoms with E-state index in [-0.39, 0.29) is 18.1 Å². The van der Waals surface area contributed by atoms with Crippen LogP contribution in [0.3, 0.4) is 0 Å². The number of aryl methyl sites for hydroxylation is 2. The number of fused-ring (bicyclic) bond motifs is 8. The molecule has 0 N–H and O–H groups in total. The first-order chi connectivity index (χ1) is 25.1. The van der Waals surface area contributed by atoms with Crippen molar-refractivity contribution in [1.82, 2.24) is 0 Å². The second-order valence-electron chi connectivity index (χ2n) is 20.0. The molecule has 0 amide bonds. The van der Waals surface area contributed by atoms with Gasteiger partial charge in [0.05, 0.1) is 0 Å². The molecular formula is C50H64O2SiZr. The fourth-order valence-corrected chi connectivity index (χ4v) is 27.2. The molecule has 4 aromatic carbocycles. The fraction of sp³-hybridized carbons (Fsp3) is 0.440. The van der Waals surface area contributed by atoms with Crippen molar-refractivity contribution in [1.29, 1.82) is 0 Å². The van der Waals surface area contributed by atoms with E-state index >= 15 is 0 Å². The van der Waals surface area contributed by atoms with Crippen LogP contribution in [0.2, 0.25) is 13.1 Å². The predicted molar refractivity (Wildman–Crippen MR) is 230 cm³/mol. The van der Waals surface area contributed by atoms with Gasteiger partial charge in [0, 0.05) is 0 Å². The van der Waals surface area contributed by atoms with Crippen LogP contribution in [0.25, 0.3) is 10.4 Å². The van der Waals surface area contributed by atoms with Crippen LogP contribution in [0.15, 0.2) is 83.9 Å². The zero-order valence-electron chi connectivity index (χ0n) is 36.1. The summed E-state index contributed by atoms with van der Waals surface area (Å²) in [6.45, 7) is 38.1. The second kappa shape index (κ2) is 13.3. The van der Waals surface area contributed by atoms with Crippen LogP contribution in [-0.4, -0.2) is 8.07 Å². The van der Waals surface area contributed by atoms with Gasteiger partial charge in [-0.15, -0.1) is 0 Å². The van der Waals surface area contributed by atoms with Gasteiger partial charge in [0.2, 0.25) is 0 Å². The Balaban J connectivity index is 1.70. The second-order valence-corrected chi connectivity index (χ2v) is 31.6. The van der Waals surface area contributed by atoms with Crippen molar-refractivity contribution >= 4 is 18.5 Å². The maximum absolute atomic E-state index is 8.31. The SMILES string of the molecule is CC1=C2c3c(C(C)C)cccc3[CH]1[Zr]([O]c1ccc(C)cc1C(C)(C)C)([O]c1ccc(C)cc1C(C)(C)C)[CH]1C(C)=C(c3c(C(C)C)cccc31)[Si]2(C)C. The Bertz CT molecular complexity index is 2080. The Kier molecular flexibility index (Phi) is 9.70. The molecule has 4 heteroatoms. The van der Waals surface area contributed by atoms with E-state index in [1.165, 1.54) is 66.8 Å². The van der Waals surface area contributed by atoms with Gasteiger partial charge < -0.3 is 0 Å². The summed E-state index contributed by atoms with van der Waals surface area (Å²) in [6, 6.07) is 28.1. The standard InChI is InChI=1S/C28H34Si.2C11H16O.Zr/c1-17(2)23-13-9-11-21-15-19(5)27(25(21)23)29(7,8)28-20(6)16-22-12-10-14-24(18(3)4)26(22)28;2*1-8-5-6-10(12)9(7-8)11(2,3)4;/h9-18H,1-8H3;2*5-7,12H,1-4H3;/q;;;+2/p-2. The Morgan fingerprint density at radius 1 is 0.556 bits per heavy atom. The van der Waals surface area contributed by atoms with E-state index in [2.05, 4.69) is 183 Å². The van der Waals surface area contributed by atoms with Crippen LogP contribution in [0.5, 0.6) is 11.5 Å². The Hall–Kier alpha value is -2.94. The molecule has 0 spiro atoms. The minimum atomic E-state index is -4.82. The van der Waals surface area contributed by atoms with Gasteiger partial charge in [-0.3, -0.25) is 0 Å². The molecule has 3 aliphatic rings. The average molecular weight is 816 g/mol. The van der Waals surface area contributed by atoms with E-state index in [4.69, 9.17) is 5.63 Å². The van der Waals surface area contributed by atoms with Crippen molar-refractivity contribution in [2.75, 3.05) is 0 Å². The van der Waals surface area contributed by atoms with Crippen LogP contribution >= 0.6 is 0 Å². The summed E-state index contributed by atoms with van der Waals surface area (Å²) in [5, 5.41) is 3.25. The maximum atomic E-state index is 8.31. The zero-order valence-corrected chi connectivity index (χ0v) is 39.5. The first-order valence-electron chi connectivity index (χ1n) is 20.4. The first-order valence-corrected chi connectivity index (χ1v) is 28.2.